The second-order valence-electron chi connectivity index (χ2n) is 13.3. The van der Waals surface area contributed by atoms with Gasteiger partial charge in [0.1, 0.15) is 24.0 Å². The molecule has 3 fully saturated rings. The Morgan fingerprint density at radius 3 is 2.76 bits per heavy atom. The van der Waals surface area contributed by atoms with E-state index in [0.29, 0.717) is 19.5 Å². The van der Waals surface area contributed by atoms with Crippen LogP contribution in [0.25, 0.3) is 16.5 Å². The quantitative estimate of drug-likeness (QED) is 0.436. The van der Waals surface area contributed by atoms with Gasteiger partial charge in [-0.15, -0.1) is 0 Å². The summed E-state index contributed by atoms with van der Waals surface area (Å²) in [6.07, 6.45) is 6.29. The summed E-state index contributed by atoms with van der Waals surface area (Å²) in [6, 6.07) is 4.92. The fourth-order valence-corrected chi connectivity index (χ4v) is 8.11. The van der Waals surface area contributed by atoms with Crippen molar-refractivity contribution in [3.63, 3.8) is 0 Å². The van der Waals surface area contributed by atoms with E-state index in [1.54, 1.807) is 18.7 Å². The highest BCUT2D eigenvalue weighted by Crippen LogP contribution is 2.48. The Hall–Kier alpha value is -3.21. The minimum atomic E-state index is -2.00. The Labute approximate surface area is 239 Å². The molecule has 3 amide bonds. The summed E-state index contributed by atoms with van der Waals surface area (Å²) in [5.74, 6) is -4.28. The van der Waals surface area contributed by atoms with E-state index < -0.39 is 41.5 Å². The molecule has 1 aromatic carbocycles. The molecule has 4 N–H and O–H groups in total. The van der Waals surface area contributed by atoms with E-state index in [2.05, 4.69) is 41.8 Å². The standard InChI is InChI=1S/C31H39N5O5/c1-16(2)26-28(38)35-11-7-10-24(35)31(40)36(26)29(39)30(41-31,17(3)4)33-27(37)19-12-21-20-8-6-9-22-25(20)18(14-32-22)13-23(21)34(5)15-19/h6,8-9,12,14,16-17,19,23-24,26,32,40H,7,10-11,13,15H2,1-5H3,(H,33,37)/p+1/t19-,23+,24+,26-,30-,31+/m0/s1. The van der Waals surface area contributed by atoms with Crippen LogP contribution in [0, 0.1) is 17.8 Å². The zero-order valence-electron chi connectivity index (χ0n) is 24.4. The predicted molar refractivity (Wildman–Crippen MR) is 151 cm³/mol. The molecule has 10 heteroatoms. The van der Waals surface area contributed by atoms with Crippen LogP contribution in [0.4, 0.5) is 0 Å². The van der Waals surface area contributed by atoms with Crippen molar-refractivity contribution in [2.24, 2.45) is 17.8 Å². The number of aromatic amines is 1. The van der Waals surface area contributed by atoms with Gasteiger partial charge in [0, 0.05) is 41.6 Å². The SMILES string of the molecule is CC(C)[C@H]1C(=O)N2CCC[C@@H]2[C@@]2(O)O[C@@](NC(=O)[C@H]3C=C4c5cccc6[nH]cc(c56)C[C@H]4[NH+](C)C3)(C(C)C)C(=O)N12. The molecule has 0 radical (unpaired) electrons. The highest BCUT2D eigenvalue weighted by molar-refractivity contribution is 6.00. The van der Waals surface area contributed by atoms with Crippen LogP contribution in [-0.4, -0.2) is 87.5 Å². The molecule has 5 aliphatic rings. The molecule has 1 unspecified atom stereocenters. The average molecular weight is 563 g/mol. The summed E-state index contributed by atoms with van der Waals surface area (Å²) in [7, 11) is 2.11. The van der Waals surface area contributed by atoms with Crippen LogP contribution in [0.15, 0.2) is 30.5 Å². The zero-order chi connectivity index (χ0) is 29.0. The average Bonchev–Trinajstić information content (AvgIpc) is 3.64. The number of nitrogens with one attached hydrogen (secondary N) is 3. The molecule has 7 atom stereocenters. The molecule has 1 aliphatic carbocycles. The van der Waals surface area contributed by atoms with Crippen LogP contribution in [0.2, 0.25) is 0 Å². The maximum absolute atomic E-state index is 14.3. The van der Waals surface area contributed by atoms with Gasteiger partial charge in [0.15, 0.2) is 0 Å². The molecule has 218 valence electrons. The number of carbonyl (C=O) groups is 3. The second-order valence-corrected chi connectivity index (χ2v) is 13.3. The van der Waals surface area contributed by atoms with Crippen molar-refractivity contribution in [1.82, 2.24) is 20.1 Å². The molecule has 41 heavy (non-hydrogen) atoms. The number of quaternary nitrogens is 1. The third-order valence-corrected chi connectivity index (χ3v) is 10.2. The summed E-state index contributed by atoms with van der Waals surface area (Å²) >= 11 is 0. The summed E-state index contributed by atoms with van der Waals surface area (Å²) in [5, 5.41) is 16.3. The first-order chi connectivity index (χ1) is 19.5. The van der Waals surface area contributed by atoms with Crippen LogP contribution in [0.1, 0.15) is 51.7 Å². The predicted octanol–water partition coefficient (Wildman–Crippen LogP) is 0.623. The number of amides is 3. The summed E-state index contributed by atoms with van der Waals surface area (Å²) in [4.78, 5) is 49.5. The van der Waals surface area contributed by atoms with Crippen LogP contribution >= 0.6 is 0 Å². The first-order valence-corrected chi connectivity index (χ1v) is 15.0. The lowest BCUT2D eigenvalue weighted by atomic mass is 9.79. The van der Waals surface area contributed by atoms with Crippen molar-refractivity contribution in [3.8, 4) is 0 Å². The lowest BCUT2D eigenvalue weighted by Gasteiger charge is -2.49. The third-order valence-electron chi connectivity index (χ3n) is 10.2. The van der Waals surface area contributed by atoms with Gasteiger partial charge in [-0.25, -0.2) is 0 Å². The molecule has 4 aliphatic heterocycles. The van der Waals surface area contributed by atoms with E-state index in [9.17, 15) is 19.5 Å². The number of hydrogen-bond acceptors (Lipinski definition) is 5. The maximum Gasteiger partial charge on any atom is 0.281 e. The highest BCUT2D eigenvalue weighted by atomic mass is 16.7. The molecule has 0 spiro atoms. The number of aliphatic hydroxyl groups is 1. The van der Waals surface area contributed by atoms with Gasteiger partial charge < -0.3 is 25.2 Å². The first kappa shape index (κ1) is 26.7. The van der Waals surface area contributed by atoms with Gasteiger partial charge in [-0.2, -0.15) is 0 Å². The van der Waals surface area contributed by atoms with Crippen molar-refractivity contribution < 1.29 is 29.1 Å². The Balaban J connectivity index is 1.25. The number of aromatic nitrogens is 1. The minimum Gasteiger partial charge on any atom is -0.361 e. The molecule has 5 heterocycles. The number of nitrogens with zero attached hydrogens (tertiary/aromatic N) is 2. The summed E-state index contributed by atoms with van der Waals surface area (Å²) in [5.41, 5.74) is 2.88. The number of rotatable bonds is 4. The van der Waals surface area contributed by atoms with Gasteiger partial charge in [0.25, 0.3) is 11.8 Å². The second kappa shape index (κ2) is 8.89. The molecule has 3 saturated heterocycles. The fraction of sp³-hybridized carbons (Fsp3) is 0.581. The van der Waals surface area contributed by atoms with Crippen molar-refractivity contribution in [1.29, 1.82) is 0 Å². The molecular formula is C31H40N5O5+. The molecular weight excluding hydrogens is 522 g/mol. The normalized spacial score (nSPS) is 36.1. The van der Waals surface area contributed by atoms with Crippen molar-refractivity contribution in [2.75, 3.05) is 20.1 Å². The number of ether oxygens (including phenoxy) is 1. The lowest BCUT2D eigenvalue weighted by Crippen LogP contribution is -3.15. The van der Waals surface area contributed by atoms with E-state index in [4.69, 9.17) is 4.74 Å². The van der Waals surface area contributed by atoms with E-state index in [1.807, 2.05) is 19.9 Å². The van der Waals surface area contributed by atoms with Crippen LogP contribution in [0.5, 0.6) is 0 Å². The van der Waals surface area contributed by atoms with Crippen LogP contribution < -0.4 is 10.2 Å². The minimum absolute atomic E-state index is 0.168. The maximum atomic E-state index is 14.3. The summed E-state index contributed by atoms with van der Waals surface area (Å²) < 4.78 is 6.41. The van der Waals surface area contributed by atoms with Crippen molar-refractivity contribution in [2.45, 2.75) is 76.7 Å². The summed E-state index contributed by atoms with van der Waals surface area (Å²) in [6.45, 7) is 8.43. The number of H-pyrrole nitrogens is 1. The molecule has 2 aromatic rings. The largest absolute Gasteiger partial charge is 0.361 e. The van der Waals surface area contributed by atoms with Gasteiger partial charge in [0.2, 0.25) is 17.5 Å². The van der Waals surface area contributed by atoms with E-state index in [1.165, 1.54) is 20.7 Å². The van der Waals surface area contributed by atoms with Gasteiger partial charge in [-0.1, -0.05) is 45.9 Å². The topological polar surface area (TPSA) is 119 Å². The number of fused-ring (bicyclic) bond motifs is 5. The van der Waals surface area contributed by atoms with E-state index in [0.717, 1.165) is 29.5 Å². The lowest BCUT2D eigenvalue weighted by molar-refractivity contribution is -0.900. The Bertz CT molecular complexity index is 1500. The third kappa shape index (κ3) is 3.50. The van der Waals surface area contributed by atoms with Gasteiger partial charge >= 0.3 is 0 Å². The molecule has 7 rings (SSSR count). The zero-order valence-corrected chi connectivity index (χ0v) is 24.4. The smallest absolute Gasteiger partial charge is 0.281 e. The monoisotopic (exact) mass is 562 g/mol. The molecule has 1 aromatic heterocycles. The Morgan fingerprint density at radius 2 is 2.02 bits per heavy atom. The molecule has 0 saturated carbocycles. The Morgan fingerprint density at radius 1 is 1.24 bits per heavy atom. The van der Waals surface area contributed by atoms with Gasteiger partial charge in [-0.3, -0.25) is 24.0 Å². The highest BCUT2D eigenvalue weighted by Gasteiger charge is 2.72. The van der Waals surface area contributed by atoms with Crippen molar-refractivity contribution in [3.05, 3.63) is 41.6 Å². The number of piperazine rings is 1. The van der Waals surface area contributed by atoms with Gasteiger partial charge in [0.05, 0.1) is 13.6 Å². The van der Waals surface area contributed by atoms with Crippen LogP contribution in [0.3, 0.4) is 0 Å². The molecule has 10 nitrogen and oxygen atoms in total. The number of hydrogen-bond donors (Lipinski definition) is 4. The molecule has 0 bridgehead atoms. The van der Waals surface area contributed by atoms with Crippen LogP contribution in [-0.2, 0) is 25.5 Å². The first-order valence-electron chi connectivity index (χ1n) is 15.0. The Kier molecular flexibility index (Phi) is 5.79. The van der Waals surface area contributed by atoms with E-state index >= 15 is 0 Å². The van der Waals surface area contributed by atoms with Crippen molar-refractivity contribution >= 4 is 34.2 Å². The fourth-order valence-electron chi connectivity index (χ4n) is 8.11. The number of likely N-dealkylation sites (N-methyl/N-ethyl adjacent to an activating group) is 1. The number of carbonyl (C=O) groups excluding carboxylic acids is 3. The number of benzene rings is 1. The van der Waals surface area contributed by atoms with E-state index in [-0.39, 0.29) is 23.8 Å². The van der Waals surface area contributed by atoms with Gasteiger partial charge in [-0.05, 0) is 36.0 Å².